The molecule has 3 rings (SSSR count). The van der Waals surface area contributed by atoms with Crippen LogP contribution in [0.1, 0.15) is 0 Å². The molecule has 1 aliphatic rings. The van der Waals surface area contributed by atoms with Gasteiger partial charge in [-0.3, -0.25) is 25.1 Å². The molecule has 0 unspecified atom stereocenters. The van der Waals surface area contributed by atoms with Crippen LogP contribution in [0.3, 0.4) is 0 Å². The van der Waals surface area contributed by atoms with E-state index in [1.807, 2.05) is 0 Å². The highest BCUT2D eigenvalue weighted by Crippen LogP contribution is 2.31. The lowest BCUT2D eigenvalue weighted by Crippen LogP contribution is -2.38. The number of phenolic OH excluding ortho intramolecular Hbond substituents is 1. The molecule has 1 heterocycles. The van der Waals surface area contributed by atoms with Gasteiger partial charge in [-0.25, -0.2) is 0 Å². The predicted molar refractivity (Wildman–Crippen MR) is 114 cm³/mol. The minimum Gasteiger partial charge on any atom is -0.508 e. The van der Waals surface area contributed by atoms with Gasteiger partial charge in [-0.2, -0.15) is 0 Å². The highest BCUT2D eigenvalue weighted by atomic mass is 16.6. The smallest absolute Gasteiger partial charge is 0.314 e. The van der Waals surface area contributed by atoms with Crippen molar-refractivity contribution in [3.63, 3.8) is 0 Å². The van der Waals surface area contributed by atoms with Gasteiger partial charge in [-0.05, 0) is 24.3 Å². The molecule has 12 heteroatoms. The van der Waals surface area contributed by atoms with Gasteiger partial charge in [-0.15, -0.1) is 0 Å². The van der Waals surface area contributed by atoms with Crippen molar-refractivity contribution in [3.05, 3.63) is 56.6 Å². The molecule has 1 saturated heterocycles. The molecule has 0 bridgehead atoms. The van der Waals surface area contributed by atoms with Gasteiger partial charge >= 0.3 is 11.4 Å². The summed E-state index contributed by atoms with van der Waals surface area (Å²) in [5, 5.41) is 30.2. The maximum atomic E-state index is 10.9. The van der Waals surface area contributed by atoms with E-state index in [0.717, 1.165) is 38.9 Å². The largest absolute Gasteiger partial charge is 0.508 e. The van der Waals surface area contributed by atoms with Crippen LogP contribution in [0, 0.1) is 20.2 Å². The fourth-order valence-corrected chi connectivity index (χ4v) is 2.84. The van der Waals surface area contributed by atoms with Gasteiger partial charge in [0.15, 0.2) is 11.5 Å². The van der Waals surface area contributed by atoms with Crippen molar-refractivity contribution in [1.82, 2.24) is 4.90 Å². The minimum atomic E-state index is -0.613. The monoisotopic (exact) mass is 451 g/mol. The molecule has 0 saturated carbocycles. The van der Waals surface area contributed by atoms with E-state index in [4.69, 9.17) is 24.1 Å². The lowest BCUT2D eigenvalue weighted by atomic mass is 10.3. The third-order valence-electron chi connectivity index (χ3n) is 4.49. The Balaban J connectivity index is 0.000000258. The third-order valence-corrected chi connectivity index (χ3v) is 4.49. The van der Waals surface area contributed by atoms with Gasteiger partial charge in [0, 0.05) is 19.6 Å². The average molecular weight is 451 g/mol. The lowest BCUT2D eigenvalue weighted by molar-refractivity contribution is -0.386. The fourth-order valence-electron chi connectivity index (χ4n) is 2.84. The Morgan fingerprint density at radius 1 is 0.969 bits per heavy atom. The summed E-state index contributed by atoms with van der Waals surface area (Å²) in [5.41, 5.74) is -0.325. The van der Waals surface area contributed by atoms with Crippen molar-refractivity contribution in [2.75, 3.05) is 53.7 Å². The number of rotatable bonds is 8. The van der Waals surface area contributed by atoms with Crippen LogP contribution in [0.5, 0.6) is 23.0 Å². The number of hydrogen-bond acceptors (Lipinski definition) is 10. The number of morpholine rings is 1. The molecule has 0 spiro atoms. The molecule has 2 aromatic carbocycles. The van der Waals surface area contributed by atoms with Crippen molar-refractivity contribution >= 4 is 11.4 Å². The lowest BCUT2D eigenvalue weighted by Gasteiger charge is -2.26. The van der Waals surface area contributed by atoms with E-state index in [1.54, 1.807) is 12.1 Å². The molecule has 12 nitrogen and oxygen atoms in total. The fraction of sp³-hybridized carbons (Fsp3) is 0.400. The number of aromatic hydroxyl groups is 1. The average Bonchev–Trinajstić information content (AvgIpc) is 2.80. The maximum absolute atomic E-state index is 10.9. The van der Waals surface area contributed by atoms with Crippen molar-refractivity contribution < 1.29 is 33.9 Å². The summed E-state index contributed by atoms with van der Waals surface area (Å²) >= 11 is 0. The SMILES string of the molecule is COc1ccc(O)cc1[N+](=O)[O-].COc1ccc(OCCN2CCOCC2)cc1[N+](=O)[O-]. The molecular formula is C20H25N3O9. The molecule has 1 N–H and O–H groups in total. The first kappa shape index (κ1) is 24.6. The molecule has 0 amide bonds. The van der Waals surface area contributed by atoms with Crippen LogP contribution in [0.25, 0.3) is 0 Å². The normalized spacial score (nSPS) is 13.4. The Hall–Kier alpha value is -3.64. The first-order chi connectivity index (χ1) is 15.3. The second-order valence-corrected chi connectivity index (χ2v) is 6.51. The number of methoxy groups -OCH3 is 2. The van der Waals surface area contributed by atoms with Gasteiger partial charge in [0.1, 0.15) is 18.1 Å². The zero-order chi connectivity index (χ0) is 23.5. The molecule has 32 heavy (non-hydrogen) atoms. The number of hydrogen-bond donors (Lipinski definition) is 1. The maximum Gasteiger partial charge on any atom is 0.314 e. The quantitative estimate of drug-likeness (QED) is 0.469. The summed E-state index contributed by atoms with van der Waals surface area (Å²) in [5.74, 6) is 0.696. The van der Waals surface area contributed by atoms with Crippen LogP contribution >= 0.6 is 0 Å². The Kier molecular flexibility index (Phi) is 9.44. The van der Waals surface area contributed by atoms with E-state index in [-0.39, 0.29) is 28.6 Å². The van der Waals surface area contributed by atoms with Crippen LogP contribution in [0.2, 0.25) is 0 Å². The minimum absolute atomic E-state index is 0.0867. The van der Waals surface area contributed by atoms with Gasteiger partial charge < -0.3 is 24.1 Å². The number of nitro benzene ring substituents is 2. The highest BCUT2D eigenvalue weighted by molar-refractivity contribution is 5.51. The van der Waals surface area contributed by atoms with Gasteiger partial charge in [0.2, 0.25) is 0 Å². The molecule has 1 fully saturated rings. The van der Waals surface area contributed by atoms with E-state index >= 15 is 0 Å². The zero-order valence-corrected chi connectivity index (χ0v) is 17.8. The first-order valence-corrected chi connectivity index (χ1v) is 9.62. The van der Waals surface area contributed by atoms with E-state index in [9.17, 15) is 20.2 Å². The van der Waals surface area contributed by atoms with Crippen LogP contribution in [-0.4, -0.2) is 73.5 Å². The van der Waals surface area contributed by atoms with E-state index in [2.05, 4.69) is 4.90 Å². The first-order valence-electron chi connectivity index (χ1n) is 9.62. The third kappa shape index (κ3) is 7.25. The number of ether oxygens (including phenoxy) is 4. The van der Waals surface area contributed by atoms with Gasteiger partial charge in [0.25, 0.3) is 0 Å². The number of phenols is 1. The molecule has 0 radical (unpaired) electrons. The van der Waals surface area contributed by atoms with E-state index in [1.165, 1.54) is 32.4 Å². The Bertz CT molecular complexity index is 917. The second-order valence-electron chi connectivity index (χ2n) is 6.51. The molecule has 2 aromatic rings. The molecular weight excluding hydrogens is 426 g/mol. The summed E-state index contributed by atoms with van der Waals surface area (Å²) in [6, 6.07) is 8.31. The number of nitrogens with zero attached hydrogens (tertiary/aromatic N) is 3. The second kappa shape index (κ2) is 12.3. The molecule has 1 aliphatic heterocycles. The van der Waals surface area contributed by atoms with E-state index in [0.29, 0.717) is 12.4 Å². The van der Waals surface area contributed by atoms with Crippen molar-refractivity contribution in [3.8, 4) is 23.0 Å². The summed E-state index contributed by atoms with van der Waals surface area (Å²) < 4.78 is 20.5. The molecule has 0 atom stereocenters. The summed E-state index contributed by atoms with van der Waals surface area (Å²) in [6.45, 7) is 4.55. The zero-order valence-electron chi connectivity index (χ0n) is 17.8. The Morgan fingerprint density at radius 3 is 2.09 bits per heavy atom. The molecule has 0 aromatic heterocycles. The van der Waals surface area contributed by atoms with Gasteiger partial charge in [-0.1, -0.05) is 0 Å². The standard InChI is InChI=1S/C13H18N2O5.C7H7NO4/c1-18-13-3-2-11(10-12(13)15(16)17)20-9-6-14-4-7-19-8-5-14;1-12-7-3-2-5(9)4-6(7)8(10)11/h2-3,10H,4-9H2,1H3;2-4,9H,1H3. The number of benzene rings is 2. The van der Waals surface area contributed by atoms with Crippen LogP contribution in [0.15, 0.2) is 36.4 Å². The van der Waals surface area contributed by atoms with Gasteiger partial charge in [0.05, 0.1) is 49.4 Å². The Morgan fingerprint density at radius 2 is 1.53 bits per heavy atom. The van der Waals surface area contributed by atoms with Crippen molar-refractivity contribution in [1.29, 1.82) is 0 Å². The highest BCUT2D eigenvalue weighted by Gasteiger charge is 2.16. The Labute approximate surface area is 184 Å². The van der Waals surface area contributed by atoms with Crippen molar-refractivity contribution in [2.45, 2.75) is 0 Å². The van der Waals surface area contributed by atoms with Crippen LogP contribution in [-0.2, 0) is 4.74 Å². The van der Waals surface area contributed by atoms with Crippen LogP contribution < -0.4 is 14.2 Å². The van der Waals surface area contributed by atoms with E-state index < -0.39 is 9.85 Å². The van der Waals surface area contributed by atoms with Crippen molar-refractivity contribution in [2.24, 2.45) is 0 Å². The molecule has 0 aliphatic carbocycles. The summed E-state index contributed by atoms with van der Waals surface area (Å²) in [6.07, 6.45) is 0. The topological polar surface area (TPSA) is 147 Å². The summed E-state index contributed by atoms with van der Waals surface area (Å²) in [4.78, 5) is 22.4. The predicted octanol–water partition coefficient (Wildman–Crippen LogP) is 2.62. The molecule has 174 valence electrons. The summed E-state index contributed by atoms with van der Waals surface area (Å²) in [7, 11) is 2.74. The van der Waals surface area contributed by atoms with Crippen LogP contribution in [0.4, 0.5) is 11.4 Å². The number of nitro groups is 2.